The summed E-state index contributed by atoms with van der Waals surface area (Å²) in [4.78, 5) is 14.6. The number of amides is 1. The highest BCUT2D eigenvalue weighted by molar-refractivity contribution is 14.1. The van der Waals surface area contributed by atoms with Gasteiger partial charge in [-0.3, -0.25) is 9.69 Å². The third kappa shape index (κ3) is 2.85. The minimum Gasteiger partial charge on any atom is -0.348 e. The SMILES string of the molecule is O=C(NC1CCN(C2CC2)C1)c1cccc(I)c1. The lowest BCUT2D eigenvalue weighted by molar-refractivity contribution is 0.0937. The predicted molar refractivity (Wildman–Crippen MR) is 79.6 cm³/mol. The Morgan fingerprint density at radius 2 is 2.17 bits per heavy atom. The van der Waals surface area contributed by atoms with Crippen molar-refractivity contribution in [3.63, 3.8) is 0 Å². The molecule has 4 heteroatoms. The molecule has 0 bridgehead atoms. The van der Waals surface area contributed by atoms with Crippen molar-refractivity contribution < 1.29 is 4.79 Å². The fourth-order valence-electron chi connectivity index (χ4n) is 2.57. The Balaban J connectivity index is 1.58. The van der Waals surface area contributed by atoms with Gasteiger partial charge in [0.05, 0.1) is 0 Å². The number of carbonyl (C=O) groups excluding carboxylic acids is 1. The Hall–Kier alpha value is -0.620. The lowest BCUT2D eigenvalue weighted by Gasteiger charge is -2.15. The zero-order valence-electron chi connectivity index (χ0n) is 10.2. The van der Waals surface area contributed by atoms with E-state index < -0.39 is 0 Å². The maximum atomic E-state index is 12.1. The maximum absolute atomic E-state index is 12.1. The second-order valence-electron chi connectivity index (χ2n) is 5.20. The summed E-state index contributed by atoms with van der Waals surface area (Å²) >= 11 is 2.24. The van der Waals surface area contributed by atoms with Crippen LogP contribution in [0.15, 0.2) is 24.3 Å². The van der Waals surface area contributed by atoms with E-state index in [1.165, 1.54) is 12.8 Å². The maximum Gasteiger partial charge on any atom is 0.251 e. The Kier molecular flexibility index (Phi) is 3.56. The highest BCUT2D eigenvalue weighted by Gasteiger charge is 2.34. The molecule has 96 valence electrons. The summed E-state index contributed by atoms with van der Waals surface area (Å²) in [5.41, 5.74) is 0.770. The number of nitrogens with zero attached hydrogens (tertiary/aromatic N) is 1. The topological polar surface area (TPSA) is 32.3 Å². The van der Waals surface area contributed by atoms with Gasteiger partial charge in [-0.1, -0.05) is 6.07 Å². The van der Waals surface area contributed by atoms with E-state index in [2.05, 4.69) is 32.8 Å². The zero-order chi connectivity index (χ0) is 12.5. The van der Waals surface area contributed by atoms with E-state index in [4.69, 9.17) is 0 Å². The molecule has 1 saturated heterocycles. The molecule has 1 saturated carbocycles. The number of nitrogens with one attached hydrogen (secondary N) is 1. The van der Waals surface area contributed by atoms with Crippen molar-refractivity contribution in [3.8, 4) is 0 Å². The number of halogens is 1. The van der Waals surface area contributed by atoms with Crippen LogP contribution in [0.25, 0.3) is 0 Å². The molecule has 0 spiro atoms. The van der Waals surface area contributed by atoms with Crippen LogP contribution in [0.3, 0.4) is 0 Å². The molecular weight excluding hydrogens is 339 g/mol. The van der Waals surface area contributed by atoms with E-state index in [9.17, 15) is 4.79 Å². The average molecular weight is 356 g/mol. The Bertz CT molecular complexity index is 459. The van der Waals surface area contributed by atoms with Crippen molar-refractivity contribution in [2.75, 3.05) is 13.1 Å². The van der Waals surface area contributed by atoms with Crippen LogP contribution in [0.2, 0.25) is 0 Å². The molecule has 0 radical (unpaired) electrons. The largest absolute Gasteiger partial charge is 0.348 e. The highest BCUT2D eigenvalue weighted by Crippen LogP contribution is 2.29. The van der Waals surface area contributed by atoms with E-state index in [0.29, 0.717) is 6.04 Å². The van der Waals surface area contributed by atoms with Crippen molar-refractivity contribution in [2.24, 2.45) is 0 Å². The fourth-order valence-corrected chi connectivity index (χ4v) is 3.12. The van der Waals surface area contributed by atoms with Gasteiger partial charge in [0, 0.05) is 34.3 Å². The molecule has 3 nitrogen and oxygen atoms in total. The molecule has 1 aromatic rings. The standard InChI is InChI=1S/C14H17IN2O/c15-11-3-1-2-10(8-11)14(18)16-12-6-7-17(9-12)13-4-5-13/h1-3,8,12-13H,4-7,9H2,(H,16,18). The van der Waals surface area contributed by atoms with E-state index in [-0.39, 0.29) is 5.91 Å². The minimum atomic E-state index is 0.0659. The highest BCUT2D eigenvalue weighted by atomic mass is 127. The van der Waals surface area contributed by atoms with Gasteiger partial charge in [-0.2, -0.15) is 0 Å². The molecular formula is C14H17IN2O. The molecule has 1 unspecified atom stereocenters. The molecule has 0 aromatic heterocycles. The molecule has 3 rings (SSSR count). The summed E-state index contributed by atoms with van der Waals surface area (Å²) < 4.78 is 1.10. The number of carbonyl (C=O) groups is 1. The molecule has 2 aliphatic rings. The first kappa shape index (κ1) is 12.4. The smallest absolute Gasteiger partial charge is 0.251 e. The lowest BCUT2D eigenvalue weighted by Crippen LogP contribution is -2.37. The first-order valence-electron chi connectivity index (χ1n) is 6.53. The molecule has 1 amide bonds. The van der Waals surface area contributed by atoms with Gasteiger partial charge in [0.1, 0.15) is 0 Å². The second-order valence-corrected chi connectivity index (χ2v) is 6.44. The van der Waals surface area contributed by atoms with Crippen LogP contribution in [0.1, 0.15) is 29.6 Å². The van der Waals surface area contributed by atoms with Gasteiger partial charge in [-0.25, -0.2) is 0 Å². The number of benzene rings is 1. The van der Waals surface area contributed by atoms with Gasteiger partial charge in [-0.05, 0) is 60.1 Å². The third-order valence-electron chi connectivity index (χ3n) is 3.70. The molecule has 2 fully saturated rings. The van der Waals surface area contributed by atoms with E-state index in [1.807, 2.05) is 24.3 Å². The van der Waals surface area contributed by atoms with Crippen LogP contribution in [-0.4, -0.2) is 36.0 Å². The van der Waals surface area contributed by atoms with Gasteiger partial charge in [0.25, 0.3) is 5.91 Å². The molecule has 1 heterocycles. The van der Waals surface area contributed by atoms with Crippen LogP contribution in [0.5, 0.6) is 0 Å². The van der Waals surface area contributed by atoms with Gasteiger partial charge in [-0.15, -0.1) is 0 Å². The summed E-state index contributed by atoms with van der Waals surface area (Å²) in [7, 11) is 0. The van der Waals surface area contributed by atoms with Crippen LogP contribution >= 0.6 is 22.6 Å². The Labute approximate surface area is 121 Å². The number of hydrogen-bond acceptors (Lipinski definition) is 2. The normalized spacial score (nSPS) is 24.2. The third-order valence-corrected chi connectivity index (χ3v) is 4.38. The van der Waals surface area contributed by atoms with Crippen LogP contribution in [-0.2, 0) is 0 Å². The van der Waals surface area contributed by atoms with Crippen molar-refractivity contribution in [1.82, 2.24) is 10.2 Å². The summed E-state index contributed by atoms with van der Waals surface area (Å²) in [6.45, 7) is 2.17. The molecule has 1 aliphatic carbocycles. The summed E-state index contributed by atoms with van der Waals surface area (Å²) in [6.07, 6.45) is 3.78. The second kappa shape index (κ2) is 5.17. The molecule has 1 N–H and O–H groups in total. The molecule has 1 aromatic carbocycles. The van der Waals surface area contributed by atoms with Gasteiger partial charge >= 0.3 is 0 Å². The summed E-state index contributed by atoms with van der Waals surface area (Å²) in [5, 5.41) is 3.15. The average Bonchev–Trinajstić information content (AvgIpc) is 3.11. The summed E-state index contributed by atoms with van der Waals surface area (Å²) in [6, 6.07) is 8.89. The number of likely N-dealkylation sites (tertiary alicyclic amines) is 1. The minimum absolute atomic E-state index is 0.0659. The van der Waals surface area contributed by atoms with Crippen molar-refractivity contribution in [1.29, 1.82) is 0 Å². The van der Waals surface area contributed by atoms with Crippen LogP contribution in [0, 0.1) is 3.57 Å². The molecule has 1 aliphatic heterocycles. The van der Waals surface area contributed by atoms with Crippen molar-refractivity contribution in [2.45, 2.75) is 31.3 Å². The number of rotatable bonds is 3. The summed E-state index contributed by atoms with van der Waals surface area (Å²) in [5.74, 6) is 0.0659. The van der Waals surface area contributed by atoms with Gasteiger partial charge < -0.3 is 5.32 Å². The van der Waals surface area contributed by atoms with Crippen LogP contribution < -0.4 is 5.32 Å². The van der Waals surface area contributed by atoms with E-state index >= 15 is 0 Å². The molecule has 1 atom stereocenters. The Morgan fingerprint density at radius 3 is 2.89 bits per heavy atom. The number of hydrogen-bond donors (Lipinski definition) is 1. The molecule has 18 heavy (non-hydrogen) atoms. The van der Waals surface area contributed by atoms with Gasteiger partial charge in [0.15, 0.2) is 0 Å². The van der Waals surface area contributed by atoms with Crippen molar-refractivity contribution in [3.05, 3.63) is 33.4 Å². The predicted octanol–water partition coefficient (Wildman–Crippen LogP) is 2.26. The Morgan fingerprint density at radius 1 is 1.33 bits per heavy atom. The van der Waals surface area contributed by atoms with Crippen LogP contribution in [0.4, 0.5) is 0 Å². The monoisotopic (exact) mass is 356 g/mol. The fraction of sp³-hybridized carbons (Fsp3) is 0.500. The lowest BCUT2D eigenvalue weighted by atomic mass is 10.2. The van der Waals surface area contributed by atoms with E-state index in [1.54, 1.807) is 0 Å². The van der Waals surface area contributed by atoms with Gasteiger partial charge in [0.2, 0.25) is 0 Å². The van der Waals surface area contributed by atoms with Crippen molar-refractivity contribution >= 4 is 28.5 Å². The quantitative estimate of drug-likeness (QED) is 0.843. The zero-order valence-corrected chi connectivity index (χ0v) is 12.4. The first-order chi connectivity index (χ1) is 8.72. The van der Waals surface area contributed by atoms with E-state index in [0.717, 1.165) is 34.7 Å². The first-order valence-corrected chi connectivity index (χ1v) is 7.61.